The molecular formula is C21H19N3O. The Morgan fingerprint density at radius 2 is 1.92 bits per heavy atom. The van der Waals surface area contributed by atoms with E-state index in [1.54, 1.807) is 0 Å². The molecule has 1 amide bonds. The summed E-state index contributed by atoms with van der Waals surface area (Å²) in [6.07, 6.45) is 3.00. The summed E-state index contributed by atoms with van der Waals surface area (Å²) in [5.74, 6) is 0.172. The average Bonchev–Trinajstić information content (AvgIpc) is 3.16. The van der Waals surface area contributed by atoms with E-state index in [9.17, 15) is 4.79 Å². The van der Waals surface area contributed by atoms with Gasteiger partial charge in [-0.3, -0.25) is 4.79 Å². The van der Waals surface area contributed by atoms with Crippen molar-refractivity contribution in [2.75, 3.05) is 6.54 Å². The summed E-state index contributed by atoms with van der Waals surface area (Å²) in [4.78, 5) is 19.3. The number of fused-ring (bicyclic) bond motifs is 4. The lowest BCUT2D eigenvalue weighted by Gasteiger charge is -2.15. The number of carbonyl (C=O) groups is 1. The minimum atomic E-state index is -0.00952. The summed E-state index contributed by atoms with van der Waals surface area (Å²) in [7, 11) is 0. The van der Waals surface area contributed by atoms with Crippen LogP contribution >= 0.6 is 0 Å². The molecule has 0 saturated heterocycles. The van der Waals surface area contributed by atoms with Crippen LogP contribution in [-0.4, -0.2) is 22.4 Å². The van der Waals surface area contributed by atoms with Crippen LogP contribution in [-0.2, 0) is 0 Å². The molecule has 2 aromatic carbocycles. The zero-order valence-electron chi connectivity index (χ0n) is 14.0. The first-order valence-electron chi connectivity index (χ1n) is 8.69. The van der Waals surface area contributed by atoms with E-state index in [1.807, 2.05) is 18.2 Å². The highest BCUT2D eigenvalue weighted by Crippen LogP contribution is 2.40. The number of aromatic amines is 2. The quantitative estimate of drug-likeness (QED) is 0.481. The van der Waals surface area contributed by atoms with Gasteiger partial charge in [-0.15, -0.1) is 0 Å². The molecule has 4 heteroatoms. The van der Waals surface area contributed by atoms with Crippen LogP contribution in [0, 0.1) is 6.92 Å². The van der Waals surface area contributed by atoms with Gasteiger partial charge >= 0.3 is 0 Å². The number of para-hydroxylation sites is 1. The number of amides is 1. The van der Waals surface area contributed by atoms with Crippen molar-refractivity contribution >= 4 is 27.7 Å². The van der Waals surface area contributed by atoms with E-state index < -0.39 is 0 Å². The third kappa shape index (κ3) is 2.10. The number of nitrogens with one attached hydrogen (secondary N) is 3. The fourth-order valence-electron chi connectivity index (χ4n) is 4.12. The molecule has 0 radical (unpaired) electrons. The molecule has 5 rings (SSSR count). The number of hydrogen-bond acceptors (Lipinski definition) is 1. The molecule has 1 aliphatic heterocycles. The molecule has 25 heavy (non-hydrogen) atoms. The summed E-state index contributed by atoms with van der Waals surface area (Å²) in [6.45, 7) is 2.80. The lowest BCUT2D eigenvalue weighted by molar-refractivity contribution is 0.0952. The van der Waals surface area contributed by atoms with Gasteiger partial charge in [0.05, 0.1) is 0 Å². The Labute approximate surface area is 145 Å². The van der Waals surface area contributed by atoms with E-state index in [0.717, 1.165) is 28.4 Å². The fraction of sp³-hybridized carbons (Fsp3) is 0.190. The highest BCUT2D eigenvalue weighted by atomic mass is 16.1. The van der Waals surface area contributed by atoms with Crippen molar-refractivity contribution in [3.63, 3.8) is 0 Å². The lowest BCUT2D eigenvalue weighted by Crippen LogP contribution is -2.23. The number of aromatic nitrogens is 2. The molecule has 0 unspecified atom stereocenters. The smallest absolute Gasteiger partial charge is 0.268 e. The van der Waals surface area contributed by atoms with E-state index in [2.05, 4.69) is 52.7 Å². The monoisotopic (exact) mass is 329 g/mol. The summed E-state index contributed by atoms with van der Waals surface area (Å²) in [6, 6.07) is 14.7. The van der Waals surface area contributed by atoms with Gasteiger partial charge in [0.1, 0.15) is 5.69 Å². The van der Waals surface area contributed by atoms with Gasteiger partial charge in [-0.2, -0.15) is 0 Å². The van der Waals surface area contributed by atoms with Crippen LogP contribution in [0.15, 0.2) is 48.7 Å². The van der Waals surface area contributed by atoms with Gasteiger partial charge in [-0.1, -0.05) is 29.8 Å². The molecule has 0 fully saturated rings. The number of rotatable bonds is 1. The van der Waals surface area contributed by atoms with Gasteiger partial charge in [0, 0.05) is 40.5 Å². The van der Waals surface area contributed by atoms with Gasteiger partial charge < -0.3 is 15.3 Å². The first kappa shape index (κ1) is 14.3. The second-order valence-electron chi connectivity index (χ2n) is 6.85. The van der Waals surface area contributed by atoms with Gasteiger partial charge in [-0.05, 0) is 42.7 Å². The fourth-order valence-corrected chi connectivity index (χ4v) is 4.12. The number of H-pyrrole nitrogens is 2. The topological polar surface area (TPSA) is 60.7 Å². The predicted octanol–water partition coefficient (Wildman–Crippen LogP) is 4.22. The van der Waals surface area contributed by atoms with E-state index in [4.69, 9.17) is 0 Å². The van der Waals surface area contributed by atoms with Gasteiger partial charge in [-0.25, -0.2) is 0 Å². The van der Waals surface area contributed by atoms with Gasteiger partial charge in [0.15, 0.2) is 0 Å². The molecule has 2 aromatic heterocycles. The van der Waals surface area contributed by atoms with Gasteiger partial charge in [0.25, 0.3) is 5.91 Å². The standard InChI is InChI=1S/C21H19N3O/c1-12-6-7-17-15(10-12)16(11-23-17)13-8-9-22-21(25)20-19(13)14-4-2-3-5-18(14)24-20/h2-7,10-11,13,23-24H,8-9H2,1H3,(H,22,25)/t13-/m1/s1. The summed E-state index contributed by atoms with van der Waals surface area (Å²) >= 11 is 0. The Balaban J connectivity index is 1.80. The Hall–Kier alpha value is -3.01. The maximum atomic E-state index is 12.6. The van der Waals surface area contributed by atoms with E-state index in [1.165, 1.54) is 16.5 Å². The maximum absolute atomic E-state index is 12.6. The SMILES string of the molecule is Cc1ccc2[nH]cc([C@H]3CCNC(=O)c4[nH]c5ccccc5c43)c2c1. The maximum Gasteiger partial charge on any atom is 0.268 e. The second kappa shape index (κ2) is 5.24. The van der Waals surface area contributed by atoms with Crippen LogP contribution in [0.2, 0.25) is 0 Å². The zero-order chi connectivity index (χ0) is 17.0. The van der Waals surface area contributed by atoms with E-state index in [0.29, 0.717) is 12.2 Å². The normalized spacial score (nSPS) is 17.5. The molecule has 4 aromatic rings. The van der Waals surface area contributed by atoms with Crippen molar-refractivity contribution in [2.24, 2.45) is 0 Å². The van der Waals surface area contributed by atoms with Gasteiger partial charge in [0.2, 0.25) is 0 Å². The second-order valence-corrected chi connectivity index (χ2v) is 6.85. The first-order valence-corrected chi connectivity index (χ1v) is 8.69. The minimum Gasteiger partial charge on any atom is -0.361 e. The minimum absolute atomic E-state index is 0.00952. The molecule has 1 aliphatic rings. The van der Waals surface area contributed by atoms with Crippen molar-refractivity contribution in [3.8, 4) is 0 Å². The largest absolute Gasteiger partial charge is 0.361 e. The van der Waals surface area contributed by atoms with Crippen molar-refractivity contribution in [2.45, 2.75) is 19.3 Å². The lowest BCUT2D eigenvalue weighted by atomic mass is 9.87. The molecule has 0 spiro atoms. The van der Waals surface area contributed by atoms with Crippen molar-refractivity contribution in [3.05, 3.63) is 71.0 Å². The molecule has 3 heterocycles. The number of benzene rings is 2. The van der Waals surface area contributed by atoms with Crippen molar-refractivity contribution in [1.82, 2.24) is 15.3 Å². The highest BCUT2D eigenvalue weighted by molar-refractivity contribution is 6.02. The molecule has 3 N–H and O–H groups in total. The molecule has 1 atom stereocenters. The third-order valence-electron chi connectivity index (χ3n) is 5.28. The summed E-state index contributed by atoms with van der Waals surface area (Å²) in [5.41, 5.74) is 6.49. The predicted molar refractivity (Wildman–Crippen MR) is 100 cm³/mol. The number of hydrogen-bond donors (Lipinski definition) is 3. The Morgan fingerprint density at radius 3 is 2.84 bits per heavy atom. The van der Waals surface area contributed by atoms with Crippen molar-refractivity contribution in [1.29, 1.82) is 0 Å². The number of carbonyl (C=O) groups excluding carboxylic acids is 1. The first-order chi connectivity index (χ1) is 12.2. The van der Waals surface area contributed by atoms with Crippen LogP contribution in [0.4, 0.5) is 0 Å². The molecule has 4 nitrogen and oxygen atoms in total. The zero-order valence-corrected chi connectivity index (χ0v) is 14.0. The Bertz CT molecular complexity index is 1120. The van der Waals surface area contributed by atoms with Crippen molar-refractivity contribution < 1.29 is 4.79 Å². The molecule has 0 aliphatic carbocycles. The molecule has 0 bridgehead atoms. The van der Waals surface area contributed by atoms with Crippen LogP contribution in [0.5, 0.6) is 0 Å². The molecule has 0 saturated carbocycles. The summed E-state index contributed by atoms with van der Waals surface area (Å²) < 4.78 is 0. The third-order valence-corrected chi connectivity index (χ3v) is 5.28. The molecule has 124 valence electrons. The van der Waals surface area contributed by atoms with Crippen LogP contribution < -0.4 is 5.32 Å². The average molecular weight is 329 g/mol. The highest BCUT2D eigenvalue weighted by Gasteiger charge is 2.29. The Morgan fingerprint density at radius 1 is 1.04 bits per heavy atom. The van der Waals surface area contributed by atoms with E-state index in [-0.39, 0.29) is 11.8 Å². The van der Waals surface area contributed by atoms with Crippen LogP contribution in [0.1, 0.15) is 39.5 Å². The van der Waals surface area contributed by atoms with Crippen LogP contribution in [0.25, 0.3) is 21.8 Å². The van der Waals surface area contributed by atoms with E-state index >= 15 is 0 Å². The number of aryl methyl sites for hydroxylation is 1. The Kier molecular flexibility index (Phi) is 3.01. The summed E-state index contributed by atoms with van der Waals surface area (Å²) in [5, 5.41) is 5.42. The van der Waals surface area contributed by atoms with Crippen LogP contribution in [0.3, 0.4) is 0 Å². The molecular weight excluding hydrogens is 310 g/mol.